The van der Waals surface area contributed by atoms with Gasteiger partial charge in [-0.1, -0.05) is 20.8 Å². The van der Waals surface area contributed by atoms with Gasteiger partial charge in [0.05, 0.1) is 29.5 Å². The van der Waals surface area contributed by atoms with Crippen LogP contribution in [0.15, 0.2) is 24.7 Å². The van der Waals surface area contributed by atoms with Gasteiger partial charge in [0, 0.05) is 22.4 Å². The second-order valence-corrected chi connectivity index (χ2v) is 10.9. The molecule has 4 rings (SSSR count). The van der Waals surface area contributed by atoms with Crippen molar-refractivity contribution >= 4 is 22.9 Å². The monoisotopic (exact) mass is 498 g/mol. The van der Waals surface area contributed by atoms with E-state index in [0.717, 1.165) is 4.88 Å². The summed E-state index contributed by atoms with van der Waals surface area (Å²) in [5.41, 5.74) is 1.27. The largest absolute Gasteiger partial charge is 0.432 e. The van der Waals surface area contributed by atoms with Gasteiger partial charge in [-0.05, 0) is 37.2 Å². The lowest BCUT2D eigenvalue weighted by Crippen LogP contribution is -2.57. The third kappa shape index (κ3) is 4.75. The zero-order valence-corrected chi connectivity index (χ0v) is 20.1. The Balaban J connectivity index is 1.61. The Morgan fingerprint density at radius 3 is 2.71 bits per heavy atom. The van der Waals surface area contributed by atoms with Crippen LogP contribution in [0.4, 0.5) is 17.6 Å². The van der Waals surface area contributed by atoms with Gasteiger partial charge in [0.1, 0.15) is 0 Å². The molecule has 0 aliphatic heterocycles. The number of hydrogen-bond acceptors (Lipinski definition) is 5. The van der Waals surface area contributed by atoms with Crippen molar-refractivity contribution in [3.8, 4) is 16.9 Å². The maximum absolute atomic E-state index is 14.8. The van der Waals surface area contributed by atoms with E-state index < -0.39 is 24.5 Å². The summed E-state index contributed by atoms with van der Waals surface area (Å²) in [6.07, 6.45) is 4.77. The average molecular weight is 499 g/mol. The number of fused-ring (bicyclic) bond motifs is 1. The van der Waals surface area contributed by atoms with Gasteiger partial charge in [0.25, 0.3) is 11.8 Å². The molecule has 0 bridgehead atoms. The molecule has 3 aromatic rings. The van der Waals surface area contributed by atoms with Crippen LogP contribution in [0.2, 0.25) is 0 Å². The minimum Gasteiger partial charge on any atom is -0.432 e. The summed E-state index contributed by atoms with van der Waals surface area (Å²) in [6, 6.07) is 0.386. The highest BCUT2D eigenvalue weighted by Crippen LogP contribution is 2.45. The number of alkyl halides is 4. The standard InChI is InChI=1S/C23H26F4N4O2S/c1-12-14(15-10-29-31-11-13(33-21(24)25)9-28-19(15)31)8-17(34-12)20(32)30-18-16(22(2,3)4)6-5-7-23(18,26)27/h8-11,16,18,21H,5-7H2,1-4H3,(H,30,32)/t16-,18+/m0/s1. The number of hydrogen-bond donors (Lipinski definition) is 1. The third-order valence-corrected chi connectivity index (χ3v) is 7.32. The Hall–Kier alpha value is -2.69. The second kappa shape index (κ2) is 8.83. The van der Waals surface area contributed by atoms with Gasteiger partial charge in [-0.2, -0.15) is 13.9 Å². The fourth-order valence-corrected chi connectivity index (χ4v) is 5.54. The Morgan fingerprint density at radius 1 is 1.29 bits per heavy atom. The van der Waals surface area contributed by atoms with Crippen molar-refractivity contribution in [3.05, 3.63) is 34.4 Å². The molecule has 34 heavy (non-hydrogen) atoms. The van der Waals surface area contributed by atoms with Crippen molar-refractivity contribution < 1.29 is 27.1 Å². The first-order chi connectivity index (χ1) is 15.9. The molecule has 11 heteroatoms. The van der Waals surface area contributed by atoms with Crippen molar-refractivity contribution in [1.29, 1.82) is 0 Å². The first-order valence-corrected chi connectivity index (χ1v) is 11.8. The minimum atomic E-state index is -2.98. The van der Waals surface area contributed by atoms with E-state index >= 15 is 0 Å². The molecule has 3 aromatic heterocycles. The lowest BCUT2D eigenvalue weighted by atomic mass is 9.68. The minimum absolute atomic E-state index is 0.138. The van der Waals surface area contributed by atoms with Crippen LogP contribution in [-0.4, -0.2) is 39.1 Å². The van der Waals surface area contributed by atoms with Gasteiger partial charge in [-0.25, -0.2) is 18.3 Å². The number of carbonyl (C=O) groups is 1. The van der Waals surface area contributed by atoms with Crippen LogP contribution >= 0.6 is 11.3 Å². The second-order valence-electron chi connectivity index (χ2n) is 9.65. The van der Waals surface area contributed by atoms with Gasteiger partial charge in [0.2, 0.25) is 0 Å². The lowest BCUT2D eigenvalue weighted by Gasteiger charge is -2.44. The van der Waals surface area contributed by atoms with E-state index in [9.17, 15) is 22.4 Å². The number of nitrogens with zero attached hydrogens (tertiary/aromatic N) is 3. The highest BCUT2D eigenvalue weighted by Gasteiger charge is 2.51. The predicted octanol–water partition coefficient (Wildman–Crippen LogP) is 5.95. The lowest BCUT2D eigenvalue weighted by molar-refractivity contribution is -0.100. The number of rotatable bonds is 5. The molecule has 6 nitrogen and oxygen atoms in total. The van der Waals surface area contributed by atoms with Crippen LogP contribution in [0.5, 0.6) is 5.75 Å². The summed E-state index contributed by atoms with van der Waals surface area (Å²) in [5.74, 6) is -4.02. The Kier molecular flexibility index (Phi) is 6.34. The molecule has 1 aliphatic carbocycles. The number of aromatic nitrogens is 3. The van der Waals surface area contributed by atoms with Crippen LogP contribution in [0.3, 0.4) is 0 Å². The summed E-state index contributed by atoms with van der Waals surface area (Å²) >= 11 is 1.19. The van der Waals surface area contributed by atoms with Crippen LogP contribution in [0, 0.1) is 18.3 Å². The molecule has 0 spiro atoms. The van der Waals surface area contributed by atoms with Crippen molar-refractivity contribution in [2.45, 2.75) is 65.5 Å². The maximum atomic E-state index is 14.8. The fraction of sp³-hybridized carbons (Fsp3) is 0.522. The molecular formula is C23H26F4N4O2S. The number of aryl methyl sites for hydroxylation is 1. The molecule has 1 N–H and O–H groups in total. The van der Waals surface area contributed by atoms with E-state index in [4.69, 9.17) is 0 Å². The molecule has 2 atom stereocenters. The first kappa shape index (κ1) is 24.4. The number of thiophene rings is 1. The van der Waals surface area contributed by atoms with Crippen LogP contribution in [0.1, 0.15) is 54.6 Å². The molecular weight excluding hydrogens is 472 g/mol. The van der Waals surface area contributed by atoms with Crippen molar-refractivity contribution in [1.82, 2.24) is 19.9 Å². The van der Waals surface area contributed by atoms with Gasteiger partial charge in [0.15, 0.2) is 11.4 Å². The van der Waals surface area contributed by atoms with E-state index in [1.165, 1.54) is 34.4 Å². The van der Waals surface area contributed by atoms with E-state index in [2.05, 4.69) is 20.1 Å². The van der Waals surface area contributed by atoms with Crippen LogP contribution in [-0.2, 0) is 0 Å². The normalized spacial score (nSPS) is 20.6. The fourth-order valence-electron chi connectivity index (χ4n) is 4.60. The van der Waals surface area contributed by atoms with Crippen molar-refractivity contribution in [2.75, 3.05) is 0 Å². The Labute approximate surface area is 198 Å². The number of amides is 1. The zero-order chi connectivity index (χ0) is 24.8. The van der Waals surface area contributed by atoms with E-state index in [0.29, 0.717) is 34.5 Å². The number of carbonyl (C=O) groups excluding carboxylic acids is 1. The summed E-state index contributed by atoms with van der Waals surface area (Å²) in [5, 5.41) is 6.77. The van der Waals surface area contributed by atoms with Gasteiger partial charge in [-0.15, -0.1) is 11.3 Å². The number of ether oxygens (including phenoxy) is 1. The first-order valence-electron chi connectivity index (χ1n) is 10.9. The van der Waals surface area contributed by atoms with Crippen molar-refractivity contribution in [2.24, 2.45) is 11.3 Å². The molecule has 0 unspecified atom stereocenters. The third-order valence-electron chi connectivity index (χ3n) is 6.27. The molecule has 1 amide bonds. The number of halogens is 4. The molecule has 1 aliphatic rings. The summed E-state index contributed by atoms with van der Waals surface area (Å²) < 4.78 is 60.2. The van der Waals surface area contributed by atoms with Gasteiger partial charge < -0.3 is 10.1 Å². The predicted molar refractivity (Wildman–Crippen MR) is 121 cm³/mol. The SMILES string of the molecule is Cc1sc(C(=O)N[C@@H]2[C@@H](C(C)(C)C)CCCC2(F)F)cc1-c1cnn2cc(OC(F)F)cnc12. The molecule has 0 aromatic carbocycles. The molecule has 184 valence electrons. The zero-order valence-electron chi connectivity index (χ0n) is 19.2. The van der Waals surface area contributed by atoms with Crippen LogP contribution < -0.4 is 10.1 Å². The van der Waals surface area contributed by atoms with E-state index in [-0.39, 0.29) is 23.5 Å². The smallest absolute Gasteiger partial charge is 0.387 e. The molecule has 0 radical (unpaired) electrons. The van der Waals surface area contributed by atoms with E-state index in [1.807, 2.05) is 27.7 Å². The quantitative estimate of drug-likeness (QED) is 0.442. The van der Waals surface area contributed by atoms with E-state index in [1.54, 1.807) is 6.07 Å². The maximum Gasteiger partial charge on any atom is 0.387 e. The van der Waals surface area contributed by atoms with Gasteiger partial charge >= 0.3 is 6.61 Å². The topological polar surface area (TPSA) is 68.5 Å². The van der Waals surface area contributed by atoms with Crippen molar-refractivity contribution in [3.63, 3.8) is 0 Å². The average Bonchev–Trinajstić information content (AvgIpc) is 3.30. The molecule has 3 heterocycles. The Bertz CT molecular complexity index is 1200. The summed E-state index contributed by atoms with van der Waals surface area (Å²) in [7, 11) is 0. The number of nitrogens with one attached hydrogen (secondary N) is 1. The summed E-state index contributed by atoms with van der Waals surface area (Å²) in [6.45, 7) is 4.58. The molecule has 0 saturated heterocycles. The highest BCUT2D eigenvalue weighted by molar-refractivity contribution is 7.14. The Morgan fingerprint density at radius 2 is 2.03 bits per heavy atom. The summed E-state index contributed by atoms with van der Waals surface area (Å²) in [4.78, 5) is 18.3. The molecule has 1 fully saturated rings. The highest BCUT2D eigenvalue weighted by atomic mass is 32.1. The molecule has 1 saturated carbocycles. The van der Waals surface area contributed by atoms with Gasteiger partial charge in [-0.3, -0.25) is 4.79 Å². The van der Waals surface area contributed by atoms with Crippen LogP contribution in [0.25, 0.3) is 16.8 Å².